The van der Waals surface area contributed by atoms with Crippen molar-refractivity contribution in [2.75, 3.05) is 0 Å². The van der Waals surface area contributed by atoms with Crippen LogP contribution in [0.4, 0.5) is 0 Å². The highest BCUT2D eigenvalue weighted by Gasteiger charge is 2.17. The van der Waals surface area contributed by atoms with Crippen molar-refractivity contribution >= 4 is 11.9 Å². The molecule has 0 bridgehead atoms. The maximum atomic E-state index is 11.6. The van der Waals surface area contributed by atoms with Crippen LogP contribution in [0, 0.1) is 0 Å². The Balaban J connectivity index is 3.94. The number of carboxylic acid groups (broad SMARTS) is 1. The van der Waals surface area contributed by atoms with Gasteiger partial charge < -0.3 is 9.84 Å². The van der Waals surface area contributed by atoms with E-state index in [0.717, 1.165) is 32.1 Å². The van der Waals surface area contributed by atoms with Crippen molar-refractivity contribution in [1.29, 1.82) is 0 Å². The van der Waals surface area contributed by atoms with Gasteiger partial charge in [-0.3, -0.25) is 9.59 Å². The van der Waals surface area contributed by atoms with E-state index in [1.165, 1.54) is 19.3 Å². The van der Waals surface area contributed by atoms with Gasteiger partial charge in [-0.2, -0.15) is 0 Å². The Labute approximate surface area is 122 Å². The number of esters is 1. The maximum absolute atomic E-state index is 11.6. The molecule has 0 aromatic rings. The fraction of sp³-hybridized carbons (Fsp3) is 0.875. The first kappa shape index (κ1) is 18.9. The molecule has 1 atom stereocenters. The van der Waals surface area contributed by atoms with Crippen molar-refractivity contribution in [3.63, 3.8) is 0 Å². The summed E-state index contributed by atoms with van der Waals surface area (Å²) in [6.45, 7) is 4.24. The molecule has 0 saturated carbocycles. The van der Waals surface area contributed by atoms with Gasteiger partial charge in [-0.05, 0) is 19.3 Å². The van der Waals surface area contributed by atoms with Crippen LogP contribution in [0.3, 0.4) is 0 Å². The first-order chi connectivity index (χ1) is 9.60. The molecule has 0 rings (SSSR count). The molecule has 1 N–H and O–H groups in total. The van der Waals surface area contributed by atoms with Crippen LogP contribution >= 0.6 is 0 Å². The van der Waals surface area contributed by atoms with Crippen molar-refractivity contribution in [3.05, 3.63) is 0 Å². The number of hydrogen-bond acceptors (Lipinski definition) is 3. The maximum Gasteiger partial charge on any atom is 0.307 e. The fourth-order valence-electron chi connectivity index (χ4n) is 2.14. The molecule has 118 valence electrons. The molecule has 1 unspecified atom stereocenters. The second kappa shape index (κ2) is 12.9. The summed E-state index contributed by atoms with van der Waals surface area (Å²) in [7, 11) is 0. The summed E-state index contributed by atoms with van der Waals surface area (Å²) in [4.78, 5) is 22.4. The molecule has 0 aliphatic heterocycles. The lowest BCUT2D eigenvalue weighted by molar-refractivity contribution is -0.153. The van der Waals surface area contributed by atoms with Crippen LogP contribution in [0.2, 0.25) is 0 Å². The third kappa shape index (κ3) is 12.0. The van der Waals surface area contributed by atoms with Crippen LogP contribution in [0.1, 0.15) is 84.5 Å². The molecule has 20 heavy (non-hydrogen) atoms. The van der Waals surface area contributed by atoms with E-state index >= 15 is 0 Å². The number of unbranched alkanes of at least 4 members (excludes halogenated alkanes) is 6. The predicted molar refractivity (Wildman–Crippen MR) is 79.7 cm³/mol. The third-order valence-electron chi connectivity index (χ3n) is 3.31. The highest BCUT2D eigenvalue weighted by atomic mass is 16.5. The number of hydrogen-bond donors (Lipinski definition) is 1. The topological polar surface area (TPSA) is 63.6 Å². The molecule has 0 amide bonds. The van der Waals surface area contributed by atoms with Gasteiger partial charge in [0.25, 0.3) is 0 Å². The van der Waals surface area contributed by atoms with Gasteiger partial charge in [0.2, 0.25) is 0 Å². The van der Waals surface area contributed by atoms with E-state index in [1.807, 2.05) is 0 Å². The monoisotopic (exact) mass is 286 g/mol. The SMILES string of the molecule is CCCCCCCC(CC(=O)O)OC(=O)CCCCC. The highest BCUT2D eigenvalue weighted by molar-refractivity contribution is 5.71. The minimum absolute atomic E-state index is 0.0761. The van der Waals surface area contributed by atoms with Crippen LogP contribution in [0.5, 0.6) is 0 Å². The molecular weight excluding hydrogens is 256 g/mol. The molecule has 0 aromatic heterocycles. The summed E-state index contributed by atoms with van der Waals surface area (Å²) in [5.74, 6) is -1.15. The second-order valence-corrected chi connectivity index (χ2v) is 5.37. The third-order valence-corrected chi connectivity index (χ3v) is 3.31. The van der Waals surface area contributed by atoms with Gasteiger partial charge >= 0.3 is 11.9 Å². The zero-order valence-corrected chi connectivity index (χ0v) is 13.0. The quantitative estimate of drug-likeness (QED) is 0.404. The van der Waals surface area contributed by atoms with E-state index in [0.29, 0.717) is 12.8 Å². The van der Waals surface area contributed by atoms with Crippen LogP contribution in [0.15, 0.2) is 0 Å². The lowest BCUT2D eigenvalue weighted by Gasteiger charge is -2.16. The Morgan fingerprint density at radius 3 is 2.15 bits per heavy atom. The molecule has 0 aliphatic carbocycles. The molecular formula is C16H30O4. The lowest BCUT2D eigenvalue weighted by atomic mass is 10.1. The smallest absolute Gasteiger partial charge is 0.307 e. The van der Waals surface area contributed by atoms with Crippen molar-refractivity contribution in [2.45, 2.75) is 90.6 Å². The summed E-state index contributed by atoms with van der Waals surface area (Å²) < 4.78 is 5.29. The van der Waals surface area contributed by atoms with Crippen molar-refractivity contribution in [3.8, 4) is 0 Å². The number of carbonyl (C=O) groups excluding carboxylic acids is 1. The predicted octanol–water partition coefficient (Wildman–Crippen LogP) is 4.31. The fourth-order valence-corrected chi connectivity index (χ4v) is 2.14. The van der Waals surface area contributed by atoms with Gasteiger partial charge in [-0.15, -0.1) is 0 Å². The molecule has 0 aromatic carbocycles. The largest absolute Gasteiger partial charge is 0.481 e. The van der Waals surface area contributed by atoms with Gasteiger partial charge in [-0.25, -0.2) is 0 Å². The van der Waals surface area contributed by atoms with E-state index < -0.39 is 12.1 Å². The summed E-state index contributed by atoms with van der Waals surface area (Å²) in [5, 5.41) is 8.86. The van der Waals surface area contributed by atoms with E-state index in [1.54, 1.807) is 0 Å². The zero-order chi connectivity index (χ0) is 15.2. The Hall–Kier alpha value is -1.06. The number of carboxylic acids is 1. The normalized spacial score (nSPS) is 12.1. The summed E-state index contributed by atoms with van der Waals surface area (Å²) >= 11 is 0. The number of aliphatic carboxylic acids is 1. The van der Waals surface area contributed by atoms with Gasteiger partial charge in [0.05, 0.1) is 6.42 Å². The van der Waals surface area contributed by atoms with Crippen LogP contribution in [-0.4, -0.2) is 23.1 Å². The lowest BCUT2D eigenvalue weighted by Crippen LogP contribution is -2.21. The highest BCUT2D eigenvalue weighted by Crippen LogP contribution is 2.14. The van der Waals surface area contributed by atoms with E-state index in [4.69, 9.17) is 9.84 Å². The molecule has 0 radical (unpaired) electrons. The number of carbonyl (C=O) groups is 2. The summed E-state index contributed by atoms with van der Waals surface area (Å²) in [5.41, 5.74) is 0. The number of ether oxygens (including phenoxy) is 1. The van der Waals surface area contributed by atoms with Crippen molar-refractivity contribution < 1.29 is 19.4 Å². The molecule has 4 heteroatoms. The molecule has 0 heterocycles. The van der Waals surface area contributed by atoms with Crippen molar-refractivity contribution in [1.82, 2.24) is 0 Å². The van der Waals surface area contributed by atoms with Crippen LogP contribution in [0.25, 0.3) is 0 Å². The number of rotatable bonds is 13. The van der Waals surface area contributed by atoms with Crippen molar-refractivity contribution in [2.24, 2.45) is 0 Å². The zero-order valence-electron chi connectivity index (χ0n) is 13.0. The molecule has 0 saturated heterocycles. The Morgan fingerprint density at radius 2 is 1.55 bits per heavy atom. The summed E-state index contributed by atoms with van der Waals surface area (Å²) in [6, 6.07) is 0. The first-order valence-corrected chi connectivity index (χ1v) is 8.01. The van der Waals surface area contributed by atoms with E-state index in [9.17, 15) is 9.59 Å². The van der Waals surface area contributed by atoms with Crippen LogP contribution in [-0.2, 0) is 14.3 Å². The Kier molecular flexibility index (Phi) is 12.3. The minimum Gasteiger partial charge on any atom is -0.481 e. The van der Waals surface area contributed by atoms with Gasteiger partial charge in [0.15, 0.2) is 0 Å². The Morgan fingerprint density at radius 1 is 0.950 bits per heavy atom. The Bertz CT molecular complexity index is 263. The van der Waals surface area contributed by atoms with E-state index in [-0.39, 0.29) is 12.4 Å². The van der Waals surface area contributed by atoms with E-state index in [2.05, 4.69) is 13.8 Å². The summed E-state index contributed by atoms with van der Waals surface area (Å²) in [6.07, 6.45) is 9.00. The standard InChI is InChI=1S/C16H30O4/c1-3-5-7-8-10-11-14(13-15(17)18)20-16(19)12-9-6-4-2/h14H,3-13H2,1-2H3,(H,17,18). The van der Waals surface area contributed by atoms with Gasteiger partial charge in [-0.1, -0.05) is 52.4 Å². The molecule has 0 fully saturated rings. The van der Waals surface area contributed by atoms with Gasteiger partial charge in [0, 0.05) is 6.42 Å². The average Bonchev–Trinajstić information content (AvgIpc) is 2.38. The minimum atomic E-state index is -0.898. The average molecular weight is 286 g/mol. The molecule has 0 aliphatic rings. The van der Waals surface area contributed by atoms with Crippen LogP contribution < -0.4 is 0 Å². The molecule has 0 spiro atoms. The molecule has 4 nitrogen and oxygen atoms in total. The van der Waals surface area contributed by atoms with Gasteiger partial charge in [0.1, 0.15) is 6.10 Å². The first-order valence-electron chi connectivity index (χ1n) is 8.01. The second-order valence-electron chi connectivity index (χ2n) is 5.37.